The number of ketones is 1. The van der Waals surface area contributed by atoms with Crippen LogP contribution in [-0.2, 0) is 19.9 Å². The highest BCUT2D eigenvalue weighted by atomic mass is 79.9. The van der Waals surface area contributed by atoms with Gasteiger partial charge in [-0.05, 0) is 53.4 Å². The summed E-state index contributed by atoms with van der Waals surface area (Å²) in [7, 11) is 1.88. The van der Waals surface area contributed by atoms with Crippen LogP contribution in [0.4, 0.5) is 0 Å². The first-order valence-corrected chi connectivity index (χ1v) is 7.54. The summed E-state index contributed by atoms with van der Waals surface area (Å²) in [6.07, 6.45) is 1.22. The van der Waals surface area contributed by atoms with Crippen molar-refractivity contribution < 1.29 is 4.79 Å². The first-order chi connectivity index (χ1) is 9.43. The number of aryl methyl sites for hydroxylation is 4. The van der Waals surface area contributed by atoms with E-state index in [2.05, 4.69) is 34.9 Å². The zero-order chi connectivity index (χ0) is 14.9. The summed E-state index contributed by atoms with van der Waals surface area (Å²) in [5.41, 5.74) is 5.05. The Balaban J connectivity index is 2.28. The van der Waals surface area contributed by atoms with E-state index in [9.17, 15) is 4.79 Å². The van der Waals surface area contributed by atoms with E-state index in [1.807, 2.05) is 32.2 Å². The van der Waals surface area contributed by atoms with Crippen LogP contribution in [-0.4, -0.2) is 15.6 Å². The summed E-state index contributed by atoms with van der Waals surface area (Å²) in [4.78, 5) is 12.4. The molecule has 0 unspecified atom stereocenters. The predicted molar refractivity (Wildman–Crippen MR) is 84.2 cm³/mol. The second kappa shape index (κ2) is 5.92. The molecule has 0 atom stereocenters. The van der Waals surface area contributed by atoms with Crippen molar-refractivity contribution in [1.82, 2.24) is 9.78 Å². The minimum absolute atomic E-state index is 0.124. The number of carbonyl (C=O) groups is 1. The molecule has 1 heterocycles. The van der Waals surface area contributed by atoms with Crippen LogP contribution in [0.2, 0.25) is 0 Å². The van der Waals surface area contributed by atoms with E-state index in [0.29, 0.717) is 6.42 Å². The molecule has 0 N–H and O–H groups in total. The summed E-state index contributed by atoms with van der Waals surface area (Å²) >= 11 is 3.55. The maximum Gasteiger partial charge on any atom is 0.168 e. The molecule has 0 amide bonds. The van der Waals surface area contributed by atoms with Crippen molar-refractivity contribution in [3.63, 3.8) is 0 Å². The first-order valence-electron chi connectivity index (χ1n) is 6.74. The molecule has 0 aliphatic rings. The summed E-state index contributed by atoms with van der Waals surface area (Å²) < 4.78 is 2.75. The second-order valence-electron chi connectivity index (χ2n) is 5.08. The normalized spacial score (nSPS) is 10.8. The second-order valence-corrected chi connectivity index (χ2v) is 5.88. The molecule has 0 spiro atoms. The van der Waals surface area contributed by atoms with E-state index in [4.69, 9.17) is 0 Å². The highest BCUT2D eigenvalue weighted by Crippen LogP contribution is 2.23. The minimum Gasteiger partial charge on any atom is -0.294 e. The van der Waals surface area contributed by atoms with Gasteiger partial charge in [-0.25, -0.2) is 0 Å². The molecule has 0 radical (unpaired) electrons. The van der Waals surface area contributed by atoms with Crippen molar-refractivity contribution in [2.24, 2.45) is 7.05 Å². The Bertz CT molecular complexity index is 659. The summed E-state index contributed by atoms with van der Waals surface area (Å²) in [6, 6.07) is 5.86. The number of carbonyl (C=O) groups excluding carboxylic acids is 1. The van der Waals surface area contributed by atoms with Crippen LogP contribution in [0.25, 0.3) is 0 Å². The van der Waals surface area contributed by atoms with Crippen molar-refractivity contribution in [2.75, 3.05) is 0 Å². The number of rotatable bonds is 4. The zero-order valence-electron chi connectivity index (χ0n) is 12.3. The molecule has 0 aliphatic heterocycles. The molecule has 0 saturated heterocycles. The Labute approximate surface area is 128 Å². The van der Waals surface area contributed by atoms with E-state index < -0.39 is 0 Å². The summed E-state index contributed by atoms with van der Waals surface area (Å²) in [5, 5.41) is 4.42. The zero-order valence-corrected chi connectivity index (χ0v) is 13.9. The van der Waals surface area contributed by atoms with Crippen molar-refractivity contribution in [3.05, 3.63) is 50.8 Å². The standard InChI is InChI=1S/C16H19BrN2O/c1-5-13-16(17)14(19(4)18-13)9-15(20)12-7-6-10(2)11(3)8-12/h6-8H,5,9H2,1-4H3. The van der Waals surface area contributed by atoms with Crippen LogP contribution in [0.1, 0.15) is 39.8 Å². The molecule has 4 heteroatoms. The molecule has 0 fully saturated rings. The highest BCUT2D eigenvalue weighted by Gasteiger charge is 2.17. The van der Waals surface area contributed by atoms with Crippen LogP contribution >= 0.6 is 15.9 Å². The third kappa shape index (κ3) is 2.85. The van der Waals surface area contributed by atoms with Crippen LogP contribution in [0.5, 0.6) is 0 Å². The Hall–Kier alpha value is -1.42. The van der Waals surface area contributed by atoms with Gasteiger partial charge in [-0.3, -0.25) is 9.48 Å². The summed E-state index contributed by atoms with van der Waals surface area (Å²) in [6.45, 7) is 6.14. The van der Waals surface area contributed by atoms with Gasteiger partial charge in [-0.2, -0.15) is 5.10 Å². The molecule has 0 saturated carbocycles. The fourth-order valence-electron chi connectivity index (χ4n) is 2.18. The van der Waals surface area contributed by atoms with Gasteiger partial charge in [0.1, 0.15) is 0 Å². The molecule has 1 aromatic carbocycles. The van der Waals surface area contributed by atoms with Crippen molar-refractivity contribution in [3.8, 4) is 0 Å². The molecule has 1 aromatic heterocycles. The van der Waals surface area contributed by atoms with Gasteiger partial charge in [0, 0.05) is 12.6 Å². The quantitative estimate of drug-likeness (QED) is 0.797. The van der Waals surface area contributed by atoms with Gasteiger partial charge in [-0.15, -0.1) is 0 Å². The third-order valence-corrected chi connectivity index (χ3v) is 4.58. The number of Topliss-reactive ketones (excluding diaryl/α,β-unsaturated/α-hetero) is 1. The van der Waals surface area contributed by atoms with Crippen LogP contribution in [0.15, 0.2) is 22.7 Å². The highest BCUT2D eigenvalue weighted by molar-refractivity contribution is 9.10. The van der Waals surface area contributed by atoms with Gasteiger partial charge in [0.2, 0.25) is 0 Å². The van der Waals surface area contributed by atoms with Gasteiger partial charge in [-0.1, -0.05) is 19.1 Å². The average molecular weight is 335 g/mol. The lowest BCUT2D eigenvalue weighted by Crippen LogP contribution is -2.08. The number of aromatic nitrogens is 2. The van der Waals surface area contributed by atoms with Gasteiger partial charge < -0.3 is 0 Å². The van der Waals surface area contributed by atoms with E-state index in [1.165, 1.54) is 5.56 Å². The van der Waals surface area contributed by atoms with Crippen LogP contribution in [0, 0.1) is 13.8 Å². The third-order valence-electron chi connectivity index (χ3n) is 3.66. The first kappa shape index (κ1) is 15.0. The number of benzene rings is 1. The molecule has 0 aliphatic carbocycles. The van der Waals surface area contributed by atoms with Crippen molar-refractivity contribution in [1.29, 1.82) is 0 Å². The lowest BCUT2D eigenvalue weighted by molar-refractivity contribution is 0.0990. The maximum atomic E-state index is 12.4. The van der Waals surface area contributed by atoms with E-state index in [-0.39, 0.29) is 5.78 Å². The number of hydrogen-bond donors (Lipinski definition) is 0. The number of halogens is 1. The maximum absolute atomic E-state index is 12.4. The number of nitrogens with zero attached hydrogens (tertiary/aromatic N) is 2. The SMILES string of the molecule is CCc1nn(C)c(CC(=O)c2ccc(C)c(C)c2)c1Br. The minimum atomic E-state index is 0.124. The van der Waals surface area contributed by atoms with Crippen molar-refractivity contribution >= 4 is 21.7 Å². The fraction of sp³-hybridized carbons (Fsp3) is 0.375. The molecule has 2 aromatic rings. The predicted octanol–water partition coefficient (Wildman–Crippen LogP) is 3.79. The Morgan fingerprint density at radius 2 is 2.00 bits per heavy atom. The lowest BCUT2D eigenvalue weighted by atomic mass is 10.0. The van der Waals surface area contributed by atoms with Gasteiger partial charge in [0.25, 0.3) is 0 Å². The molecule has 106 valence electrons. The Morgan fingerprint density at radius 3 is 2.55 bits per heavy atom. The molecular weight excluding hydrogens is 316 g/mol. The number of hydrogen-bond acceptors (Lipinski definition) is 2. The topological polar surface area (TPSA) is 34.9 Å². The monoisotopic (exact) mass is 334 g/mol. The Kier molecular flexibility index (Phi) is 4.43. The average Bonchev–Trinajstić information content (AvgIpc) is 2.69. The van der Waals surface area contributed by atoms with Crippen LogP contribution in [0.3, 0.4) is 0 Å². The molecular formula is C16H19BrN2O. The fourth-order valence-corrected chi connectivity index (χ4v) is 2.94. The van der Waals surface area contributed by atoms with Crippen LogP contribution < -0.4 is 0 Å². The molecule has 20 heavy (non-hydrogen) atoms. The smallest absolute Gasteiger partial charge is 0.168 e. The van der Waals surface area contributed by atoms with Crippen molar-refractivity contribution in [2.45, 2.75) is 33.6 Å². The molecule has 2 rings (SSSR count). The largest absolute Gasteiger partial charge is 0.294 e. The van der Waals surface area contributed by atoms with Gasteiger partial charge >= 0.3 is 0 Å². The van der Waals surface area contributed by atoms with E-state index >= 15 is 0 Å². The van der Waals surface area contributed by atoms with E-state index in [1.54, 1.807) is 4.68 Å². The van der Waals surface area contributed by atoms with Gasteiger partial charge in [0.05, 0.1) is 22.3 Å². The summed E-state index contributed by atoms with van der Waals surface area (Å²) in [5.74, 6) is 0.124. The molecule has 0 bridgehead atoms. The lowest BCUT2D eigenvalue weighted by Gasteiger charge is -2.06. The van der Waals surface area contributed by atoms with E-state index in [0.717, 1.165) is 33.4 Å². The Morgan fingerprint density at radius 1 is 1.30 bits per heavy atom. The van der Waals surface area contributed by atoms with Gasteiger partial charge in [0.15, 0.2) is 5.78 Å². The molecule has 3 nitrogen and oxygen atoms in total.